The van der Waals surface area contributed by atoms with Crippen molar-refractivity contribution in [1.82, 2.24) is 25.3 Å². The highest BCUT2D eigenvalue weighted by molar-refractivity contribution is 5.82. The molecule has 6 nitrogen and oxygen atoms in total. The van der Waals surface area contributed by atoms with Crippen LogP contribution in [0.3, 0.4) is 0 Å². The third-order valence-electron chi connectivity index (χ3n) is 2.62. The first-order chi connectivity index (χ1) is 7.43. The number of hydrogen-bond donors (Lipinski definition) is 3. The number of aromatic amines is 1. The molecule has 1 fully saturated rings. The van der Waals surface area contributed by atoms with E-state index >= 15 is 0 Å². The fourth-order valence-electron chi connectivity index (χ4n) is 1.85. The van der Waals surface area contributed by atoms with Crippen molar-refractivity contribution in [2.75, 3.05) is 18.4 Å². The monoisotopic (exact) mass is 204 g/mol. The first-order valence-corrected chi connectivity index (χ1v) is 5.05. The van der Waals surface area contributed by atoms with Gasteiger partial charge in [-0.1, -0.05) is 0 Å². The number of anilines is 1. The largest absolute Gasteiger partial charge is 0.364 e. The van der Waals surface area contributed by atoms with Gasteiger partial charge in [0.25, 0.3) is 0 Å². The van der Waals surface area contributed by atoms with Crippen LogP contribution in [0.15, 0.2) is 12.7 Å². The van der Waals surface area contributed by atoms with Gasteiger partial charge in [0.1, 0.15) is 11.8 Å². The van der Waals surface area contributed by atoms with Gasteiger partial charge in [-0.3, -0.25) is 0 Å². The van der Waals surface area contributed by atoms with Gasteiger partial charge < -0.3 is 15.6 Å². The Kier molecular flexibility index (Phi) is 1.99. The lowest BCUT2D eigenvalue weighted by atomic mass is 10.2. The maximum atomic E-state index is 4.22. The van der Waals surface area contributed by atoms with Crippen LogP contribution in [0.5, 0.6) is 0 Å². The molecule has 1 aliphatic rings. The van der Waals surface area contributed by atoms with Gasteiger partial charge in [-0.15, -0.1) is 0 Å². The van der Waals surface area contributed by atoms with Crippen molar-refractivity contribution in [3.63, 3.8) is 0 Å². The van der Waals surface area contributed by atoms with Crippen molar-refractivity contribution >= 4 is 17.0 Å². The highest BCUT2D eigenvalue weighted by Crippen LogP contribution is 2.16. The molecule has 2 aromatic heterocycles. The Bertz CT molecular complexity index is 458. The molecule has 0 aliphatic carbocycles. The van der Waals surface area contributed by atoms with Crippen LogP contribution in [0.1, 0.15) is 6.42 Å². The van der Waals surface area contributed by atoms with Gasteiger partial charge in [0.15, 0.2) is 11.5 Å². The maximum absolute atomic E-state index is 4.22. The summed E-state index contributed by atoms with van der Waals surface area (Å²) in [6.07, 6.45) is 4.30. The number of nitrogens with one attached hydrogen (secondary N) is 3. The highest BCUT2D eigenvalue weighted by atomic mass is 15.1. The lowest BCUT2D eigenvalue weighted by Crippen LogP contribution is -2.22. The van der Waals surface area contributed by atoms with Gasteiger partial charge in [-0.2, -0.15) is 0 Å². The molecule has 1 saturated heterocycles. The molecule has 3 rings (SSSR count). The molecule has 0 unspecified atom stereocenters. The SMILES string of the molecule is c1nc(N[C@H]2CCNC2)c2[nH]cnc2n1. The second-order valence-corrected chi connectivity index (χ2v) is 3.66. The van der Waals surface area contributed by atoms with E-state index in [0.717, 1.165) is 30.8 Å². The lowest BCUT2D eigenvalue weighted by molar-refractivity contribution is 0.788. The molecule has 1 aliphatic heterocycles. The smallest absolute Gasteiger partial charge is 0.182 e. The minimum absolute atomic E-state index is 0.450. The van der Waals surface area contributed by atoms with E-state index in [1.807, 2.05) is 0 Å². The van der Waals surface area contributed by atoms with Crippen molar-refractivity contribution in [2.45, 2.75) is 12.5 Å². The average Bonchev–Trinajstić information content (AvgIpc) is 2.87. The van der Waals surface area contributed by atoms with E-state index in [0.29, 0.717) is 11.7 Å². The first-order valence-electron chi connectivity index (χ1n) is 5.05. The number of imidazole rings is 1. The number of rotatable bonds is 2. The Hall–Kier alpha value is -1.69. The molecular weight excluding hydrogens is 192 g/mol. The standard InChI is InChI=1S/C9H12N6/c1-2-10-3-6(1)15-9-7-8(12-4-11-7)13-5-14-9/h4-6,10H,1-3H2,(H2,11,12,13,14,15)/t6-/m0/s1. The maximum Gasteiger partial charge on any atom is 0.182 e. The topological polar surface area (TPSA) is 78.5 Å². The lowest BCUT2D eigenvalue weighted by Gasteiger charge is -2.11. The van der Waals surface area contributed by atoms with Gasteiger partial charge in [0.2, 0.25) is 0 Å². The molecule has 0 amide bonds. The van der Waals surface area contributed by atoms with Crippen molar-refractivity contribution in [3.05, 3.63) is 12.7 Å². The van der Waals surface area contributed by atoms with Gasteiger partial charge in [-0.05, 0) is 13.0 Å². The van der Waals surface area contributed by atoms with Crippen LogP contribution < -0.4 is 10.6 Å². The van der Waals surface area contributed by atoms with Gasteiger partial charge >= 0.3 is 0 Å². The zero-order valence-corrected chi connectivity index (χ0v) is 8.20. The molecule has 6 heteroatoms. The number of H-pyrrole nitrogens is 1. The third kappa shape index (κ3) is 1.52. The van der Waals surface area contributed by atoms with Crippen LogP contribution in [0, 0.1) is 0 Å². The molecule has 15 heavy (non-hydrogen) atoms. The van der Waals surface area contributed by atoms with Gasteiger partial charge in [0, 0.05) is 12.6 Å². The zero-order chi connectivity index (χ0) is 10.1. The van der Waals surface area contributed by atoms with E-state index in [-0.39, 0.29) is 0 Å². The summed E-state index contributed by atoms with van der Waals surface area (Å²) in [5, 5.41) is 6.69. The number of aromatic nitrogens is 4. The quantitative estimate of drug-likeness (QED) is 0.648. The zero-order valence-electron chi connectivity index (χ0n) is 8.20. The summed E-state index contributed by atoms with van der Waals surface area (Å²) < 4.78 is 0. The van der Waals surface area contributed by atoms with Crippen molar-refractivity contribution < 1.29 is 0 Å². The summed E-state index contributed by atoms with van der Waals surface area (Å²) in [5.41, 5.74) is 1.59. The summed E-state index contributed by atoms with van der Waals surface area (Å²) in [6, 6.07) is 0.450. The molecule has 3 N–H and O–H groups in total. The van der Waals surface area contributed by atoms with Crippen LogP contribution in [0.2, 0.25) is 0 Å². The van der Waals surface area contributed by atoms with Crippen molar-refractivity contribution in [2.24, 2.45) is 0 Å². The number of nitrogens with zero attached hydrogens (tertiary/aromatic N) is 3. The molecule has 0 radical (unpaired) electrons. The molecule has 1 atom stereocenters. The second kappa shape index (κ2) is 3.47. The summed E-state index contributed by atoms with van der Waals surface area (Å²) >= 11 is 0. The van der Waals surface area contributed by atoms with E-state index in [1.165, 1.54) is 6.33 Å². The summed E-state index contributed by atoms with van der Waals surface area (Å²) in [7, 11) is 0. The molecule has 2 aromatic rings. The van der Waals surface area contributed by atoms with E-state index in [2.05, 4.69) is 30.6 Å². The number of fused-ring (bicyclic) bond motifs is 1. The average molecular weight is 204 g/mol. The Balaban J connectivity index is 1.92. The summed E-state index contributed by atoms with van der Waals surface area (Å²) in [5.74, 6) is 0.839. The third-order valence-corrected chi connectivity index (χ3v) is 2.62. The van der Waals surface area contributed by atoms with Crippen molar-refractivity contribution in [1.29, 1.82) is 0 Å². The molecule has 0 aromatic carbocycles. The highest BCUT2D eigenvalue weighted by Gasteiger charge is 2.16. The van der Waals surface area contributed by atoms with E-state index in [4.69, 9.17) is 0 Å². The Labute approximate surface area is 86.5 Å². The van der Waals surface area contributed by atoms with E-state index in [1.54, 1.807) is 6.33 Å². The first kappa shape index (κ1) is 8.60. The van der Waals surface area contributed by atoms with Gasteiger partial charge in [-0.25, -0.2) is 15.0 Å². The van der Waals surface area contributed by atoms with E-state index < -0.39 is 0 Å². The normalized spacial score (nSPS) is 20.9. The minimum atomic E-state index is 0.450. The Morgan fingerprint density at radius 2 is 2.33 bits per heavy atom. The van der Waals surface area contributed by atoms with Crippen LogP contribution in [0.25, 0.3) is 11.2 Å². The Morgan fingerprint density at radius 3 is 3.20 bits per heavy atom. The summed E-state index contributed by atoms with van der Waals surface area (Å²) in [4.78, 5) is 15.4. The molecule has 0 saturated carbocycles. The van der Waals surface area contributed by atoms with Crippen LogP contribution in [-0.2, 0) is 0 Å². The molecular formula is C9H12N6. The molecule has 3 heterocycles. The minimum Gasteiger partial charge on any atom is -0.364 e. The summed E-state index contributed by atoms with van der Waals surface area (Å²) in [6.45, 7) is 2.05. The van der Waals surface area contributed by atoms with Crippen LogP contribution >= 0.6 is 0 Å². The molecule has 0 spiro atoms. The van der Waals surface area contributed by atoms with E-state index in [9.17, 15) is 0 Å². The second-order valence-electron chi connectivity index (χ2n) is 3.66. The number of hydrogen-bond acceptors (Lipinski definition) is 5. The fraction of sp³-hybridized carbons (Fsp3) is 0.444. The fourth-order valence-corrected chi connectivity index (χ4v) is 1.85. The molecule has 78 valence electrons. The molecule has 0 bridgehead atoms. The van der Waals surface area contributed by atoms with Crippen LogP contribution in [0.4, 0.5) is 5.82 Å². The van der Waals surface area contributed by atoms with Crippen LogP contribution in [-0.4, -0.2) is 39.1 Å². The Morgan fingerprint density at radius 1 is 1.33 bits per heavy atom. The van der Waals surface area contributed by atoms with Crippen molar-refractivity contribution in [3.8, 4) is 0 Å². The predicted molar refractivity (Wildman–Crippen MR) is 56.6 cm³/mol. The van der Waals surface area contributed by atoms with Gasteiger partial charge in [0.05, 0.1) is 6.33 Å². The predicted octanol–water partition coefficient (Wildman–Crippen LogP) is 0.127.